The summed E-state index contributed by atoms with van der Waals surface area (Å²) in [6.07, 6.45) is -1.20. The number of benzene rings is 1. The number of carboxylic acid groups (broad SMARTS) is 1. The van der Waals surface area contributed by atoms with Crippen molar-refractivity contribution in [2.75, 3.05) is 6.54 Å². The van der Waals surface area contributed by atoms with Crippen molar-refractivity contribution in [2.24, 2.45) is 5.92 Å². The molecule has 30 heavy (non-hydrogen) atoms. The molecule has 1 amide bonds. The Bertz CT molecular complexity index is 833. The minimum atomic E-state index is -1.19. The standard InChI is InChI=1S/C19H22BCl2NO7/c1-10(2)5-11(20-29-16(8-17(25)26)19(28)30-20)6-13(24)9-23-18(27)14-7-12(21)3-4-15(14)22/h3-4,7,10-11,16H,5-6,8-9H2,1-2H3,(H,23,27)(H,25,26)/t11-,16+/m1/s1. The summed E-state index contributed by atoms with van der Waals surface area (Å²) >= 11 is 11.9. The quantitative estimate of drug-likeness (QED) is 0.518. The van der Waals surface area contributed by atoms with Crippen LogP contribution in [0.2, 0.25) is 15.9 Å². The zero-order valence-electron chi connectivity index (χ0n) is 16.5. The summed E-state index contributed by atoms with van der Waals surface area (Å²) in [7, 11) is -1.01. The van der Waals surface area contributed by atoms with Crippen molar-refractivity contribution in [1.82, 2.24) is 5.32 Å². The number of hydrogen-bond donors (Lipinski definition) is 2. The molecule has 8 nitrogen and oxygen atoms in total. The van der Waals surface area contributed by atoms with Gasteiger partial charge in [-0.15, -0.1) is 0 Å². The molecule has 2 N–H and O–H groups in total. The van der Waals surface area contributed by atoms with Gasteiger partial charge in [-0.2, -0.15) is 0 Å². The second kappa shape index (κ2) is 10.8. The zero-order valence-corrected chi connectivity index (χ0v) is 18.0. The highest BCUT2D eigenvalue weighted by molar-refractivity contribution is 6.51. The van der Waals surface area contributed by atoms with Gasteiger partial charge in [0.1, 0.15) is 0 Å². The molecule has 1 saturated heterocycles. The van der Waals surface area contributed by atoms with Gasteiger partial charge in [-0.25, -0.2) is 0 Å². The number of carbonyl (C=O) groups is 4. The van der Waals surface area contributed by atoms with Crippen LogP contribution < -0.4 is 5.32 Å². The highest BCUT2D eigenvalue weighted by Crippen LogP contribution is 2.31. The van der Waals surface area contributed by atoms with E-state index < -0.39 is 43.3 Å². The molecule has 1 aliphatic heterocycles. The van der Waals surface area contributed by atoms with Crippen molar-refractivity contribution in [2.45, 2.75) is 45.0 Å². The molecule has 11 heteroatoms. The molecule has 1 aromatic rings. The van der Waals surface area contributed by atoms with E-state index in [4.69, 9.17) is 37.6 Å². The van der Waals surface area contributed by atoms with E-state index in [-0.39, 0.29) is 35.3 Å². The second-order valence-electron chi connectivity index (χ2n) is 7.47. The Morgan fingerprint density at radius 1 is 1.27 bits per heavy atom. The molecule has 0 aliphatic carbocycles. The molecule has 1 heterocycles. The number of aliphatic carboxylic acids is 1. The van der Waals surface area contributed by atoms with E-state index in [0.29, 0.717) is 11.4 Å². The lowest BCUT2D eigenvalue weighted by atomic mass is 9.66. The topological polar surface area (TPSA) is 119 Å². The number of carboxylic acids is 1. The molecule has 1 aromatic carbocycles. The lowest BCUT2D eigenvalue weighted by Crippen LogP contribution is -2.33. The summed E-state index contributed by atoms with van der Waals surface area (Å²) in [5.41, 5.74) is 0.153. The van der Waals surface area contributed by atoms with Gasteiger partial charge in [-0.05, 0) is 30.5 Å². The van der Waals surface area contributed by atoms with Crippen LogP contribution in [0, 0.1) is 5.92 Å². The summed E-state index contributed by atoms with van der Waals surface area (Å²) in [5.74, 6) is -3.07. The maximum Gasteiger partial charge on any atom is 0.531 e. The molecule has 1 aliphatic rings. The van der Waals surface area contributed by atoms with E-state index in [1.807, 2.05) is 13.8 Å². The van der Waals surface area contributed by atoms with Gasteiger partial charge in [0.15, 0.2) is 11.9 Å². The molecule has 0 radical (unpaired) electrons. The number of ketones is 1. The molecule has 2 atom stereocenters. The van der Waals surface area contributed by atoms with Gasteiger partial charge in [0, 0.05) is 17.3 Å². The monoisotopic (exact) mass is 457 g/mol. The first-order valence-corrected chi connectivity index (χ1v) is 10.1. The molecular formula is C19H22BCl2NO7. The maximum atomic E-state index is 12.5. The Morgan fingerprint density at radius 2 is 1.97 bits per heavy atom. The van der Waals surface area contributed by atoms with Crippen molar-refractivity contribution in [3.63, 3.8) is 0 Å². The fourth-order valence-electron chi connectivity index (χ4n) is 3.14. The summed E-state index contributed by atoms with van der Waals surface area (Å²) in [6, 6.07) is 4.43. The number of halogens is 2. The van der Waals surface area contributed by atoms with Crippen molar-refractivity contribution in [3.8, 4) is 0 Å². The average Bonchev–Trinajstić information content (AvgIpc) is 3.00. The van der Waals surface area contributed by atoms with E-state index in [0.717, 1.165) is 0 Å². The van der Waals surface area contributed by atoms with Gasteiger partial charge < -0.3 is 19.7 Å². The molecular weight excluding hydrogens is 436 g/mol. The summed E-state index contributed by atoms with van der Waals surface area (Å²) in [4.78, 5) is 47.4. The van der Waals surface area contributed by atoms with Crippen LogP contribution in [-0.4, -0.2) is 48.5 Å². The number of carbonyl (C=O) groups excluding carboxylic acids is 3. The lowest BCUT2D eigenvalue weighted by Gasteiger charge is -2.19. The van der Waals surface area contributed by atoms with Gasteiger partial charge in [0.2, 0.25) is 0 Å². The zero-order chi connectivity index (χ0) is 22.4. The molecule has 0 unspecified atom stereocenters. The van der Waals surface area contributed by atoms with Crippen molar-refractivity contribution >= 4 is 53.9 Å². The highest BCUT2D eigenvalue weighted by atomic mass is 35.5. The summed E-state index contributed by atoms with van der Waals surface area (Å²) in [6.45, 7) is 3.62. The molecule has 2 rings (SSSR count). The fourth-order valence-corrected chi connectivity index (χ4v) is 3.51. The normalized spacial score (nSPS) is 17.0. The summed E-state index contributed by atoms with van der Waals surface area (Å²) < 4.78 is 10.6. The van der Waals surface area contributed by atoms with Gasteiger partial charge in [-0.1, -0.05) is 37.0 Å². The fraction of sp³-hybridized carbons (Fsp3) is 0.474. The van der Waals surface area contributed by atoms with E-state index >= 15 is 0 Å². The minimum Gasteiger partial charge on any atom is -0.507 e. The first-order chi connectivity index (χ1) is 14.1. The van der Waals surface area contributed by atoms with Crippen LogP contribution in [0.25, 0.3) is 0 Å². The van der Waals surface area contributed by atoms with Crippen LogP contribution in [0.3, 0.4) is 0 Å². The van der Waals surface area contributed by atoms with Crippen LogP contribution >= 0.6 is 23.2 Å². The predicted molar refractivity (Wildman–Crippen MR) is 111 cm³/mol. The number of nitrogens with one attached hydrogen (secondary N) is 1. The lowest BCUT2D eigenvalue weighted by molar-refractivity contribution is -0.145. The highest BCUT2D eigenvalue weighted by Gasteiger charge is 2.46. The Hall–Kier alpha value is -2.10. The largest absolute Gasteiger partial charge is 0.531 e. The molecule has 0 saturated carbocycles. The SMILES string of the molecule is CC(C)C[C@H](CC(=O)CNC(=O)c1cc(Cl)ccc1Cl)B1OC(=O)[C@H](CC(=O)O)O1. The third kappa shape index (κ3) is 7.00. The Kier molecular flexibility index (Phi) is 8.70. The first kappa shape index (κ1) is 24.2. The van der Waals surface area contributed by atoms with Gasteiger partial charge >= 0.3 is 19.1 Å². The minimum absolute atomic E-state index is 0.0144. The van der Waals surface area contributed by atoms with Crippen LogP contribution in [0.15, 0.2) is 18.2 Å². The third-order valence-electron chi connectivity index (χ3n) is 4.42. The van der Waals surface area contributed by atoms with Crippen molar-refractivity contribution in [1.29, 1.82) is 0 Å². The van der Waals surface area contributed by atoms with Crippen LogP contribution in [0.4, 0.5) is 0 Å². The first-order valence-electron chi connectivity index (χ1n) is 9.39. The van der Waals surface area contributed by atoms with E-state index in [1.165, 1.54) is 12.1 Å². The van der Waals surface area contributed by atoms with Gasteiger partial charge in [-0.3, -0.25) is 19.2 Å². The van der Waals surface area contributed by atoms with Gasteiger partial charge in [0.25, 0.3) is 5.91 Å². The van der Waals surface area contributed by atoms with E-state index in [1.54, 1.807) is 6.07 Å². The van der Waals surface area contributed by atoms with Gasteiger partial charge in [0.05, 0.1) is 23.6 Å². The van der Waals surface area contributed by atoms with E-state index in [9.17, 15) is 19.2 Å². The number of Topliss-reactive ketones (excluding diaryl/α,β-unsaturated/α-hetero) is 1. The Balaban J connectivity index is 1.97. The number of amides is 1. The van der Waals surface area contributed by atoms with Crippen LogP contribution in [0.5, 0.6) is 0 Å². The average molecular weight is 458 g/mol. The van der Waals surface area contributed by atoms with Crippen molar-refractivity contribution < 1.29 is 33.6 Å². The molecule has 0 aromatic heterocycles. The third-order valence-corrected chi connectivity index (χ3v) is 4.99. The number of rotatable bonds is 10. The van der Waals surface area contributed by atoms with E-state index in [2.05, 4.69) is 5.32 Å². The molecule has 0 bridgehead atoms. The van der Waals surface area contributed by atoms with Crippen LogP contribution in [-0.2, 0) is 23.7 Å². The Morgan fingerprint density at radius 3 is 2.60 bits per heavy atom. The Labute approximate surface area is 184 Å². The molecule has 162 valence electrons. The number of hydrogen-bond acceptors (Lipinski definition) is 6. The predicted octanol–water partition coefficient (Wildman–Crippen LogP) is 3.00. The van der Waals surface area contributed by atoms with Crippen molar-refractivity contribution in [3.05, 3.63) is 33.8 Å². The molecule has 1 fully saturated rings. The molecule has 0 spiro atoms. The smallest absolute Gasteiger partial charge is 0.507 e. The summed E-state index contributed by atoms with van der Waals surface area (Å²) in [5, 5.41) is 11.9. The van der Waals surface area contributed by atoms with Crippen LogP contribution in [0.1, 0.15) is 43.5 Å². The second-order valence-corrected chi connectivity index (χ2v) is 8.31. The maximum absolute atomic E-state index is 12.5.